The molecule has 1 heterocycles. The van der Waals surface area contributed by atoms with Gasteiger partial charge in [-0.1, -0.05) is 59.4 Å². The maximum atomic E-state index is 12.3. The Bertz CT molecular complexity index is 924. The second-order valence-electron chi connectivity index (χ2n) is 6.65. The molecule has 28 heavy (non-hydrogen) atoms. The van der Waals surface area contributed by atoms with Crippen molar-refractivity contribution in [2.75, 3.05) is 14.2 Å². The fourth-order valence-corrected chi connectivity index (χ4v) is 3.62. The Kier molecular flexibility index (Phi) is 6.73. The zero-order valence-electron chi connectivity index (χ0n) is 16.3. The van der Waals surface area contributed by atoms with Gasteiger partial charge in [0.15, 0.2) is 0 Å². The van der Waals surface area contributed by atoms with Gasteiger partial charge in [-0.2, -0.15) is 0 Å². The van der Waals surface area contributed by atoms with E-state index in [0.29, 0.717) is 18.1 Å². The van der Waals surface area contributed by atoms with Crippen LogP contribution in [0.1, 0.15) is 31.5 Å². The van der Waals surface area contributed by atoms with Gasteiger partial charge in [0.25, 0.3) is 5.91 Å². The molecule has 1 N–H and O–H groups in total. The van der Waals surface area contributed by atoms with E-state index in [-0.39, 0.29) is 5.91 Å². The molecular formula is C21H24N4O2S. The number of amides is 1. The molecule has 3 rings (SSSR count). The number of nitrogens with zero attached hydrogens (tertiary/aromatic N) is 3. The molecule has 0 fully saturated rings. The maximum Gasteiger partial charge on any atom is 0.282 e. The lowest BCUT2D eigenvalue weighted by Gasteiger charge is -2.16. The fourth-order valence-electron chi connectivity index (χ4n) is 2.78. The van der Waals surface area contributed by atoms with E-state index in [1.54, 1.807) is 7.11 Å². The first-order valence-corrected chi connectivity index (χ1v) is 9.83. The SMILES string of the molecule is COc1ccccc1CN(C)Cc1nnc(C(=O)NCc2ccc(C)cc2)s1. The monoisotopic (exact) mass is 396 g/mol. The van der Waals surface area contributed by atoms with E-state index in [2.05, 4.69) is 20.4 Å². The molecule has 6 nitrogen and oxygen atoms in total. The lowest BCUT2D eigenvalue weighted by Crippen LogP contribution is -2.22. The van der Waals surface area contributed by atoms with Crippen LogP contribution >= 0.6 is 11.3 Å². The Morgan fingerprint density at radius 1 is 1.11 bits per heavy atom. The quantitative estimate of drug-likeness (QED) is 0.632. The highest BCUT2D eigenvalue weighted by molar-refractivity contribution is 7.13. The van der Waals surface area contributed by atoms with Crippen molar-refractivity contribution in [3.8, 4) is 5.75 Å². The molecule has 0 unspecified atom stereocenters. The highest BCUT2D eigenvalue weighted by Crippen LogP contribution is 2.20. The minimum Gasteiger partial charge on any atom is -0.496 e. The van der Waals surface area contributed by atoms with Crippen molar-refractivity contribution < 1.29 is 9.53 Å². The van der Waals surface area contributed by atoms with Gasteiger partial charge in [0.2, 0.25) is 5.01 Å². The van der Waals surface area contributed by atoms with Gasteiger partial charge in [-0.15, -0.1) is 10.2 Å². The zero-order valence-corrected chi connectivity index (χ0v) is 17.1. The highest BCUT2D eigenvalue weighted by Gasteiger charge is 2.14. The van der Waals surface area contributed by atoms with E-state index in [0.717, 1.165) is 28.4 Å². The molecule has 7 heteroatoms. The first-order chi connectivity index (χ1) is 13.5. The van der Waals surface area contributed by atoms with E-state index in [9.17, 15) is 4.79 Å². The minimum atomic E-state index is -0.197. The smallest absolute Gasteiger partial charge is 0.282 e. The number of aryl methyl sites for hydroxylation is 1. The normalized spacial score (nSPS) is 10.9. The number of carbonyl (C=O) groups is 1. The van der Waals surface area contributed by atoms with E-state index in [4.69, 9.17) is 4.74 Å². The summed E-state index contributed by atoms with van der Waals surface area (Å²) in [5.41, 5.74) is 3.36. The van der Waals surface area contributed by atoms with Crippen molar-refractivity contribution >= 4 is 17.2 Å². The number of para-hydroxylation sites is 1. The topological polar surface area (TPSA) is 67.3 Å². The summed E-state index contributed by atoms with van der Waals surface area (Å²) in [5.74, 6) is 0.666. The summed E-state index contributed by atoms with van der Waals surface area (Å²) >= 11 is 1.32. The minimum absolute atomic E-state index is 0.197. The maximum absolute atomic E-state index is 12.3. The van der Waals surface area contributed by atoms with Gasteiger partial charge < -0.3 is 10.1 Å². The Labute approximate surface area is 169 Å². The van der Waals surface area contributed by atoms with Crippen LogP contribution in [0.3, 0.4) is 0 Å². The number of rotatable bonds is 8. The molecule has 1 aromatic heterocycles. The van der Waals surface area contributed by atoms with Crippen LogP contribution in [0, 0.1) is 6.92 Å². The number of aromatic nitrogens is 2. The lowest BCUT2D eigenvalue weighted by atomic mass is 10.1. The summed E-state index contributed by atoms with van der Waals surface area (Å²) < 4.78 is 5.40. The first-order valence-electron chi connectivity index (χ1n) is 9.01. The largest absolute Gasteiger partial charge is 0.496 e. The average Bonchev–Trinajstić information content (AvgIpc) is 3.16. The molecule has 0 atom stereocenters. The molecule has 0 radical (unpaired) electrons. The lowest BCUT2D eigenvalue weighted by molar-refractivity contribution is 0.0950. The molecule has 0 aliphatic heterocycles. The third kappa shape index (κ3) is 5.37. The van der Waals surface area contributed by atoms with Crippen LogP contribution in [-0.2, 0) is 19.6 Å². The van der Waals surface area contributed by atoms with E-state index in [1.807, 2.05) is 62.5 Å². The molecule has 0 bridgehead atoms. The molecule has 0 saturated carbocycles. The van der Waals surface area contributed by atoms with Crippen LogP contribution < -0.4 is 10.1 Å². The third-order valence-electron chi connectivity index (χ3n) is 4.27. The summed E-state index contributed by atoms with van der Waals surface area (Å²) in [6.07, 6.45) is 0. The summed E-state index contributed by atoms with van der Waals surface area (Å²) in [7, 11) is 3.68. The van der Waals surface area contributed by atoms with Gasteiger partial charge in [0.1, 0.15) is 10.8 Å². The van der Waals surface area contributed by atoms with Crippen molar-refractivity contribution in [1.29, 1.82) is 0 Å². The van der Waals surface area contributed by atoms with Crippen LogP contribution in [0.5, 0.6) is 5.75 Å². The van der Waals surface area contributed by atoms with Crippen LogP contribution in [0.2, 0.25) is 0 Å². The number of hydrogen-bond acceptors (Lipinski definition) is 6. The van der Waals surface area contributed by atoms with Crippen molar-refractivity contribution in [2.24, 2.45) is 0 Å². The van der Waals surface area contributed by atoms with Gasteiger partial charge in [-0.05, 0) is 25.6 Å². The van der Waals surface area contributed by atoms with E-state index >= 15 is 0 Å². The molecule has 146 valence electrons. The highest BCUT2D eigenvalue weighted by atomic mass is 32.1. The molecular weight excluding hydrogens is 372 g/mol. The third-order valence-corrected chi connectivity index (χ3v) is 5.18. The van der Waals surface area contributed by atoms with E-state index in [1.165, 1.54) is 16.9 Å². The Balaban J connectivity index is 1.54. The van der Waals surface area contributed by atoms with Crippen LogP contribution in [-0.4, -0.2) is 35.2 Å². The van der Waals surface area contributed by atoms with Crippen molar-refractivity contribution in [3.05, 3.63) is 75.2 Å². The molecule has 0 aliphatic rings. The van der Waals surface area contributed by atoms with Gasteiger partial charge in [-0.3, -0.25) is 9.69 Å². The van der Waals surface area contributed by atoms with Gasteiger partial charge >= 0.3 is 0 Å². The predicted octanol–water partition coefficient (Wildman–Crippen LogP) is 3.42. The molecule has 2 aromatic carbocycles. The van der Waals surface area contributed by atoms with Gasteiger partial charge in [-0.25, -0.2) is 0 Å². The molecule has 1 amide bonds. The Morgan fingerprint density at radius 3 is 2.61 bits per heavy atom. The van der Waals surface area contributed by atoms with Crippen molar-refractivity contribution in [1.82, 2.24) is 20.4 Å². The molecule has 0 aliphatic carbocycles. The standard InChI is InChI=1S/C21H24N4O2S/c1-15-8-10-16(11-9-15)12-22-20(26)21-24-23-19(28-21)14-25(2)13-17-6-4-5-7-18(17)27-3/h4-11H,12-14H2,1-3H3,(H,22,26). The van der Waals surface area contributed by atoms with Gasteiger partial charge in [0.05, 0.1) is 13.7 Å². The van der Waals surface area contributed by atoms with Crippen molar-refractivity contribution in [2.45, 2.75) is 26.6 Å². The van der Waals surface area contributed by atoms with Crippen LogP contribution in [0.25, 0.3) is 0 Å². The zero-order chi connectivity index (χ0) is 19.9. The van der Waals surface area contributed by atoms with Gasteiger partial charge in [0, 0.05) is 18.7 Å². The number of hydrogen-bond donors (Lipinski definition) is 1. The Morgan fingerprint density at radius 2 is 1.86 bits per heavy atom. The number of ether oxygens (including phenoxy) is 1. The average molecular weight is 397 g/mol. The number of benzene rings is 2. The van der Waals surface area contributed by atoms with E-state index < -0.39 is 0 Å². The molecule has 0 spiro atoms. The number of carbonyl (C=O) groups excluding carboxylic acids is 1. The summed E-state index contributed by atoms with van der Waals surface area (Å²) in [6.45, 7) is 3.84. The van der Waals surface area contributed by atoms with Crippen LogP contribution in [0.15, 0.2) is 48.5 Å². The summed E-state index contributed by atoms with van der Waals surface area (Å²) in [5, 5.41) is 12.3. The molecule has 3 aromatic rings. The summed E-state index contributed by atoms with van der Waals surface area (Å²) in [6, 6.07) is 16.0. The molecule has 0 saturated heterocycles. The number of nitrogens with one attached hydrogen (secondary N) is 1. The summed E-state index contributed by atoms with van der Waals surface area (Å²) in [4.78, 5) is 14.4. The first kappa shape index (κ1) is 20.0. The number of methoxy groups -OCH3 is 1. The second-order valence-corrected chi connectivity index (χ2v) is 7.72. The van der Waals surface area contributed by atoms with Crippen molar-refractivity contribution in [3.63, 3.8) is 0 Å². The fraction of sp³-hybridized carbons (Fsp3) is 0.286. The van der Waals surface area contributed by atoms with Crippen LogP contribution in [0.4, 0.5) is 0 Å². The Hall–Kier alpha value is -2.77. The second kappa shape index (κ2) is 9.43. The predicted molar refractivity (Wildman–Crippen MR) is 110 cm³/mol.